The van der Waals surface area contributed by atoms with E-state index < -0.39 is 60.2 Å². The van der Waals surface area contributed by atoms with Crippen molar-refractivity contribution in [2.24, 2.45) is 0 Å². The fourth-order valence-corrected chi connectivity index (χ4v) is 1.28. The second-order valence-corrected chi connectivity index (χ2v) is 5.07. The van der Waals surface area contributed by atoms with E-state index in [1.165, 1.54) is 0 Å². The van der Waals surface area contributed by atoms with Gasteiger partial charge in [0.2, 0.25) is 0 Å². The molecule has 0 aliphatic rings. The van der Waals surface area contributed by atoms with Gasteiger partial charge in [-0.2, -0.15) is 74.6 Å². The van der Waals surface area contributed by atoms with Crippen molar-refractivity contribution in [2.75, 3.05) is 0 Å². The van der Waals surface area contributed by atoms with Crippen LogP contribution >= 0.6 is 0 Å². The smallest absolute Gasteiger partial charge is 0.396 e. The first-order valence-electron chi connectivity index (χ1n) is 6.43. The maximum atomic E-state index is 13.8. The monoisotopic (exact) mass is 506 g/mol. The van der Waals surface area contributed by atoms with E-state index in [-0.39, 0.29) is 0 Å². The third-order valence-corrected chi connectivity index (χ3v) is 2.90. The number of halogens is 17. The van der Waals surface area contributed by atoms with E-state index in [9.17, 15) is 79.4 Å². The largest absolute Gasteiger partial charge is 0.464 e. The van der Waals surface area contributed by atoms with Gasteiger partial charge in [0, 0.05) is 6.08 Å². The molecule has 1 unspecified atom stereocenters. The molecule has 0 amide bonds. The van der Waals surface area contributed by atoms with E-state index in [1.54, 1.807) is 4.74 Å². The van der Waals surface area contributed by atoms with Gasteiger partial charge in [-0.3, -0.25) is 0 Å². The van der Waals surface area contributed by atoms with E-state index in [0.717, 1.165) is 0 Å². The molecule has 1 atom stereocenters. The summed E-state index contributed by atoms with van der Waals surface area (Å²) in [5.41, 5.74) is 0. The maximum Gasteiger partial charge on any atom is 0.464 e. The summed E-state index contributed by atoms with van der Waals surface area (Å²) in [4.78, 5) is 10.6. The van der Waals surface area contributed by atoms with Crippen molar-refractivity contribution in [3.05, 3.63) is 12.7 Å². The molecule has 0 saturated heterocycles. The van der Waals surface area contributed by atoms with Crippen molar-refractivity contribution in [1.29, 1.82) is 0 Å². The molecule has 0 aromatic heterocycles. The molecule has 31 heavy (non-hydrogen) atoms. The summed E-state index contributed by atoms with van der Waals surface area (Å²) in [6, 6.07) is -7.20. The van der Waals surface area contributed by atoms with Crippen LogP contribution in [0.15, 0.2) is 12.7 Å². The lowest BCUT2D eigenvalue weighted by Gasteiger charge is -2.40. The summed E-state index contributed by atoms with van der Waals surface area (Å²) >= 11 is 0. The number of carbonyl (C=O) groups excluding carboxylic acids is 1. The number of carbonyl (C=O) groups is 1. The molecular weight excluding hydrogens is 503 g/mol. The average molecular weight is 506 g/mol. The lowest BCUT2D eigenvalue weighted by Crippen LogP contribution is -2.69. The Balaban J connectivity index is 6.68. The molecule has 20 heteroatoms. The predicted molar refractivity (Wildman–Crippen MR) is 58.1 cm³/mol. The highest BCUT2D eigenvalue weighted by Crippen LogP contribution is 2.59. The molecular formula is C11H3F17O3. The van der Waals surface area contributed by atoms with Crippen LogP contribution in [0, 0.1) is 0 Å². The van der Waals surface area contributed by atoms with Crippen LogP contribution < -0.4 is 0 Å². The van der Waals surface area contributed by atoms with Crippen LogP contribution in [0.25, 0.3) is 0 Å². The molecule has 0 aliphatic carbocycles. The normalized spacial score (nSPS) is 17.2. The molecule has 0 rings (SSSR count). The minimum atomic E-state index is -8.35. The van der Waals surface area contributed by atoms with E-state index in [4.69, 9.17) is 0 Å². The van der Waals surface area contributed by atoms with Gasteiger partial charge in [-0.1, -0.05) is 6.58 Å². The topological polar surface area (TPSA) is 35.5 Å². The number of hydrogen-bond acceptors (Lipinski definition) is 3. The molecule has 0 N–H and O–H groups in total. The molecule has 0 aromatic rings. The second-order valence-electron chi connectivity index (χ2n) is 5.07. The van der Waals surface area contributed by atoms with Crippen molar-refractivity contribution >= 4 is 5.97 Å². The van der Waals surface area contributed by atoms with Crippen molar-refractivity contribution in [1.82, 2.24) is 0 Å². The Morgan fingerprint density at radius 1 is 0.581 bits per heavy atom. The van der Waals surface area contributed by atoms with Crippen LogP contribution in [0.2, 0.25) is 0 Å². The van der Waals surface area contributed by atoms with Crippen LogP contribution in [-0.4, -0.2) is 54.2 Å². The van der Waals surface area contributed by atoms with Gasteiger partial charge in [-0.15, -0.1) is 0 Å². The zero-order valence-corrected chi connectivity index (χ0v) is 13.4. The van der Waals surface area contributed by atoms with Crippen LogP contribution in [0.3, 0.4) is 0 Å². The molecule has 0 radical (unpaired) electrons. The third-order valence-electron chi connectivity index (χ3n) is 2.90. The average Bonchev–Trinajstić information content (AvgIpc) is 2.51. The van der Waals surface area contributed by atoms with Gasteiger partial charge >= 0.3 is 54.2 Å². The van der Waals surface area contributed by atoms with E-state index in [0.29, 0.717) is 0 Å². The summed E-state index contributed by atoms with van der Waals surface area (Å²) in [7, 11) is 0. The Bertz CT molecular complexity index is 690. The van der Waals surface area contributed by atoms with E-state index in [2.05, 4.69) is 11.3 Å². The third kappa shape index (κ3) is 4.47. The lowest BCUT2D eigenvalue weighted by molar-refractivity contribution is -0.533. The Labute approximate surface area is 157 Å². The summed E-state index contributed by atoms with van der Waals surface area (Å²) in [6.45, 7) is 2.23. The van der Waals surface area contributed by atoms with Gasteiger partial charge in [0.25, 0.3) is 0 Å². The van der Waals surface area contributed by atoms with Gasteiger partial charge in [-0.05, 0) is 0 Å². The molecule has 0 heterocycles. The predicted octanol–water partition coefficient (Wildman–Crippen LogP) is 5.61. The van der Waals surface area contributed by atoms with Crippen molar-refractivity contribution in [3.63, 3.8) is 0 Å². The van der Waals surface area contributed by atoms with Crippen molar-refractivity contribution in [3.8, 4) is 0 Å². The molecule has 0 aromatic carbocycles. The zero-order valence-electron chi connectivity index (χ0n) is 13.4. The van der Waals surface area contributed by atoms with Gasteiger partial charge < -0.3 is 4.74 Å². The highest BCUT2D eigenvalue weighted by atomic mass is 19.4. The molecule has 184 valence electrons. The van der Waals surface area contributed by atoms with Crippen LogP contribution in [0.4, 0.5) is 74.6 Å². The summed E-state index contributed by atoms with van der Waals surface area (Å²) < 4.78 is 220. The number of alkyl halides is 17. The first-order chi connectivity index (χ1) is 13.2. The van der Waals surface area contributed by atoms with Gasteiger partial charge in [-0.25, -0.2) is 9.53 Å². The second kappa shape index (κ2) is 7.54. The molecule has 0 aliphatic heterocycles. The number of hydrogen-bond donors (Lipinski definition) is 0. The SMILES string of the molecule is C=CC(=O)OC(F)(OC(F)(F)C(F)(F)C(F)(F)C(F)(F)C(F)(F)F)C(F)(F)C(F)(F)F. The number of esters is 1. The minimum Gasteiger partial charge on any atom is -0.396 e. The maximum absolute atomic E-state index is 13.8. The zero-order chi connectivity index (χ0) is 25.7. The highest BCUT2D eigenvalue weighted by Gasteiger charge is 2.90. The Morgan fingerprint density at radius 3 is 1.23 bits per heavy atom. The van der Waals surface area contributed by atoms with Crippen molar-refractivity contribution in [2.45, 2.75) is 48.2 Å². The first kappa shape index (κ1) is 29.0. The van der Waals surface area contributed by atoms with Crippen LogP contribution in [0.5, 0.6) is 0 Å². The summed E-state index contributed by atoms with van der Waals surface area (Å²) in [5, 5.41) is 0. The first-order valence-corrected chi connectivity index (χ1v) is 6.43. The molecule has 0 saturated carbocycles. The fraction of sp³-hybridized carbons (Fsp3) is 0.727. The number of ether oxygens (including phenoxy) is 2. The van der Waals surface area contributed by atoms with Crippen LogP contribution in [0.1, 0.15) is 0 Å². The summed E-state index contributed by atoms with van der Waals surface area (Å²) in [5.74, 6) is -35.3. The standard InChI is InChI=1S/C11H3F17O3/c1-2-3(29)30-11(28,7(18,19)9(23,24)25)31-10(26,27)6(16,17)4(12,13)5(14,15)8(20,21)22/h2H,1H2. The van der Waals surface area contributed by atoms with Crippen LogP contribution in [-0.2, 0) is 14.3 Å². The lowest BCUT2D eigenvalue weighted by atomic mass is 10.0. The Kier molecular flexibility index (Phi) is 7.05. The Morgan fingerprint density at radius 2 is 0.935 bits per heavy atom. The van der Waals surface area contributed by atoms with Gasteiger partial charge in [0.1, 0.15) is 0 Å². The van der Waals surface area contributed by atoms with E-state index in [1.807, 2.05) is 0 Å². The molecule has 0 spiro atoms. The molecule has 0 fully saturated rings. The van der Waals surface area contributed by atoms with E-state index >= 15 is 0 Å². The number of rotatable bonds is 8. The highest BCUT2D eigenvalue weighted by molar-refractivity contribution is 5.81. The fourth-order valence-electron chi connectivity index (χ4n) is 1.28. The van der Waals surface area contributed by atoms with Gasteiger partial charge in [0.05, 0.1) is 0 Å². The Hall–Kier alpha value is -2.02. The quantitative estimate of drug-likeness (QED) is 0.186. The molecule has 0 bridgehead atoms. The van der Waals surface area contributed by atoms with Crippen molar-refractivity contribution < 1.29 is 88.9 Å². The van der Waals surface area contributed by atoms with Gasteiger partial charge in [0.15, 0.2) is 0 Å². The minimum absolute atomic E-state index is 0.577. The summed E-state index contributed by atoms with van der Waals surface area (Å²) in [6.07, 6.45) is -23.8. The molecule has 3 nitrogen and oxygen atoms in total.